The summed E-state index contributed by atoms with van der Waals surface area (Å²) in [6, 6.07) is 1.18. The molecule has 154 valence electrons. The zero-order valence-corrected chi connectivity index (χ0v) is 19.6. The van der Waals surface area contributed by atoms with Crippen molar-refractivity contribution in [2.24, 2.45) is 4.99 Å². The number of ether oxygens (including phenoxy) is 2. The molecule has 2 saturated heterocycles. The van der Waals surface area contributed by atoms with Gasteiger partial charge in [-0.2, -0.15) is 0 Å². The number of halogens is 1. The smallest absolute Gasteiger partial charge is 0.193 e. The Morgan fingerprint density at radius 3 is 2.42 bits per heavy atom. The Morgan fingerprint density at radius 1 is 1.15 bits per heavy atom. The fraction of sp³-hybridized carbons (Fsp3) is 0.947. The highest BCUT2D eigenvalue weighted by atomic mass is 127. The van der Waals surface area contributed by atoms with Crippen molar-refractivity contribution < 1.29 is 9.47 Å². The minimum Gasteiger partial charge on any atom is -0.375 e. The number of hydrogen-bond donors (Lipinski definition) is 1. The highest BCUT2D eigenvalue weighted by Crippen LogP contribution is 2.21. The van der Waals surface area contributed by atoms with E-state index in [2.05, 4.69) is 47.8 Å². The quantitative estimate of drug-likeness (QED) is 0.262. The van der Waals surface area contributed by atoms with E-state index in [0.29, 0.717) is 12.1 Å². The molecule has 7 heteroatoms. The third-order valence-corrected chi connectivity index (χ3v) is 5.19. The predicted molar refractivity (Wildman–Crippen MR) is 119 cm³/mol. The first-order valence-electron chi connectivity index (χ1n) is 9.97. The van der Waals surface area contributed by atoms with Gasteiger partial charge in [-0.25, -0.2) is 0 Å². The molecule has 0 bridgehead atoms. The number of nitrogens with one attached hydrogen (secondary N) is 1. The highest BCUT2D eigenvalue weighted by molar-refractivity contribution is 14.0. The summed E-state index contributed by atoms with van der Waals surface area (Å²) < 4.78 is 11.7. The van der Waals surface area contributed by atoms with Crippen LogP contribution in [0.15, 0.2) is 4.99 Å². The summed E-state index contributed by atoms with van der Waals surface area (Å²) in [5.74, 6) is 0.993. The average molecular weight is 482 g/mol. The molecule has 0 aromatic heterocycles. The molecular formula is C19H39IN4O2. The van der Waals surface area contributed by atoms with Crippen molar-refractivity contribution in [3.63, 3.8) is 0 Å². The van der Waals surface area contributed by atoms with Crippen LogP contribution in [0.2, 0.25) is 0 Å². The first-order valence-corrected chi connectivity index (χ1v) is 9.97. The molecule has 2 atom stereocenters. The molecule has 2 aliphatic heterocycles. The standard InChI is InChI=1S/C19H38N4O2.HI/c1-15(2)23(16(3)4)10-7-9-21-19(20-5)22-11-13-25-18(14-22)17-8-6-12-24-17;/h15-18H,6-14H2,1-5H3,(H,20,21);1H. The van der Waals surface area contributed by atoms with Gasteiger partial charge in [0.1, 0.15) is 6.10 Å². The number of morpholine rings is 1. The summed E-state index contributed by atoms with van der Waals surface area (Å²) in [7, 11) is 1.87. The number of rotatable bonds is 7. The van der Waals surface area contributed by atoms with Crippen molar-refractivity contribution in [1.82, 2.24) is 15.1 Å². The second kappa shape index (κ2) is 12.4. The molecule has 0 radical (unpaired) electrons. The van der Waals surface area contributed by atoms with Crippen LogP contribution in [0.4, 0.5) is 0 Å². The topological polar surface area (TPSA) is 49.3 Å². The van der Waals surface area contributed by atoms with Crippen LogP contribution in [0.25, 0.3) is 0 Å². The average Bonchev–Trinajstić information content (AvgIpc) is 3.12. The summed E-state index contributed by atoms with van der Waals surface area (Å²) in [6.07, 6.45) is 3.82. The second-order valence-corrected chi connectivity index (χ2v) is 7.66. The second-order valence-electron chi connectivity index (χ2n) is 7.66. The first-order chi connectivity index (χ1) is 12.0. The van der Waals surface area contributed by atoms with Gasteiger partial charge in [0.2, 0.25) is 0 Å². The molecule has 0 aliphatic carbocycles. The molecule has 6 nitrogen and oxygen atoms in total. The maximum absolute atomic E-state index is 5.94. The van der Waals surface area contributed by atoms with Crippen LogP contribution in [0, 0.1) is 0 Å². The van der Waals surface area contributed by atoms with E-state index in [-0.39, 0.29) is 36.2 Å². The van der Waals surface area contributed by atoms with Crippen LogP contribution in [-0.4, -0.2) is 86.5 Å². The normalized spacial score (nSPS) is 24.5. The van der Waals surface area contributed by atoms with Crippen molar-refractivity contribution >= 4 is 29.9 Å². The predicted octanol–water partition coefficient (Wildman–Crippen LogP) is 2.57. The van der Waals surface area contributed by atoms with Gasteiger partial charge in [-0.1, -0.05) is 0 Å². The largest absolute Gasteiger partial charge is 0.375 e. The Balaban J connectivity index is 0.00000338. The molecule has 2 heterocycles. The molecule has 0 saturated carbocycles. The fourth-order valence-electron chi connectivity index (χ4n) is 3.90. The van der Waals surface area contributed by atoms with Gasteiger partial charge in [0.05, 0.1) is 12.7 Å². The van der Waals surface area contributed by atoms with E-state index >= 15 is 0 Å². The number of aliphatic imine (C=N–C) groups is 1. The molecule has 0 aromatic rings. The SMILES string of the molecule is CN=C(NCCCN(C(C)C)C(C)C)N1CCOC(C2CCCO2)C1.I. The van der Waals surface area contributed by atoms with E-state index in [1.807, 2.05) is 7.05 Å². The third-order valence-electron chi connectivity index (χ3n) is 5.19. The van der Waals surface area contributed by atoms with Gasteiger partial charge in [-0.15, -0.1) is 24.0 Å². The molecule has 1 N–H and O–H groups in total. The maximum atomic E-state index is 5.94. The summed E-state index contributed by atoms with van der Waals surface area (Å²) in [5, 5.41) is 3.54. The molecule has 2 aliphatic rings. The van der Waals surface area contributed by atoms with Gasteiger partial charge in [-0.3, -0.25) is 9.89 Å². The van der Waals surface area contributed by atoms with Crippen molar-refractivity contribution in [3.8, 4) is 0 Å². The molecular weight excluding hydrogens is 443 g/mol. The molecule has 2 unspecified atom stereocenters. The van der Waals surface area contributed by atoms with Gasteiger partial charge in [0.25, 0.3) is 0 Å². The number of hydrogen-bond acceptors (Lipinski definition) is 4. The summed E-state index contributed by atoms with van der Waals surface area (Å²) in [4.78, 5) is 9.33. The Morgan fingerprint density at radius 2 is 1.85 bits per heavy atom. The van der Waals surface area contributed by atoms with Gasteiger partial charge < -0.3 is 19.7 Å². The Hall–Kier alpha value is -0.120. The van der Waals surface area contributed by atoms with Gasteiger partial charge in [0, 0.05) is 51.9 Å². The number of guanidine groups is 1. The lowest BCUT2D eigenvalue weighted by Crippen LogP contribution is -2.53. The van der Waals surface area contributed by atoms with Gasteiger partial charge in [0.15, 0.2) is 5.96 Å². The van der Waals surface area contributed by atoms with E-state index in [1.165, 1.54) is 0 Å². The fourth-order valence-corrected chi connectivity index (χ4v) is 3.90. The minimum atomic E-state index is 0. The van der Waals surface area contributed by atoms with E-state index in [0.717, 1.165) is 64.6 Å². The van der Waals surface area contributed by atoms with Crippen LogP contribution in [0.3, 0.4) is 0 Å². The summed E-state index contributed by atoms with van der Waals surface area (Å²) in [6.45, 7) is 14.5. The highest BCUT2D eigenvalue weighted by Gasteiger charge is 2.32. The van der Waals surface area contributed by atoms with Crippen molar-refractivity contribution in [2.75, 3.05) is 46.4 Å². The lowest BCUT2D eigenvalue weighted by atomic mass is 10.1. The van der Waals surface area contributed by atoms with Crippen LogP contribution in [0.5, 0.6) is 0 Å². The number of nitrogens with zero attached hydrogens (tertiary/aromatic N) is 3. The third kappa shape index (κ3) is 7.13. The lowest BCUT2D eigenvalue weighted by molar-refractivity contribution is -0.0816. The van der Waals surface area contributed by atoms with Crippen LogP contribution < -0.4 is 5.32 Å². The molecule has 26 heavy (non-hydrogen) atoms. The Kier molecular flexibility index (Phi) is 11.4. The maximum Gasteiger partial charge on any atom is 0.193 e. The molecule has 0 spiro atoms. The zero-order valence-electron chi connectivity index (χ0n) is 17.2. The lowest BCUT2D eigenvalue weighted by Gasteiger charge is -2.37. The minimum absolute atomic E-state index is 0. The van der Waals surface area contributed by atoms with Crippen LogP contribution >= 0.6 is 24.0 Å². The van der Waals surface area contributed by atoms with Crippen molar-refractivity contribution in [3.05, 3.63) is 0 Å². The first kappa shape index (κ1) is 23.9. The summed E-state index contributed by atoms with van der Waals surface area (Å²) in [5.41, 5.74) is 0. The van der Waals surface area contributed by atoms with Gasteiger partial charge in [-0.05, 0) is 47.0 Å². The van der Waals surface area contributed by atoms with Gasteiger partial charge >= 0.3 is 0 Å². The molecule has 0 aromatic carbocycles. The van der Waals surface area contributed by atoms with E-state index < -0.39 is 0 Å². The Bertz CT molecular complexity index is 406. The zero-order chi connectivity index (χ0) is 18.2. The van der Waals surface area contributed by atoms with E-state index in [9.17, 15) is 0 Å². The van der Waals surface area contributed by atoms with Crippen LogP contribution in [-0.2, 0) is 9.47 Å². The van der Waals surface area contributed by atoms with Crippen LogP contribution in [0.1, 0.15) is 47.0 Å². The summed E-state index contributed by atoms with van der Waals surface area (Å²) >= 11 is 0. The molecule has 0 amide bonds. The van der Waals surface area contributed by atoms with Crippen molar-refractivity contribution in [2.45, 2.75) is 71.2 Å². The monoisotopic (exact) mass is 482 g/mol. The van der Waals surface area contributed by atoms with E-state index in [4.69, 9.17) is 9.47 Å². The van der Waals surface area contributed by atoms with Crippen molar-refractivity contribution in [1.29, 1.82) is 0 Å². The van der Waals surface area contributed by atoms with E-state index in [1.54, 1.807) is 0 Å². The Labute approximate surface area is 177 Å². The molecule has 2 fully saturated rings. The molecule has 2 rings (SSSR count).